The lowest BCUT2D eigenvalue weighted by Gasteiger charge is -2.14. The average molecular weight is 413 g/mol. The highest BCUT2D eigenvalue weighted by atomic mass is 79.9. The maximum absolute atomic E-state index is 12.2. The molecule has 2 aromatic carbocycles. The van der Waals surface area contributed by atoms with E-state index in [9.17, 15) is 9.59 Å². The molecular formula is C17H15BrClNO4. The van der Waals surface area contributed by atoms with E-state index in [0.29, 0.717) is 15.9 Å². The highest BCUT2D eigenvalue weighted by molar-refractivity contribution is 9.10. The summed E-state index contributed by atoms with van der Waals surface area (Å²) < 4.78 is 11.0. The lowest BCUT2D eigenvalue weighted by Crippen LogP contribution is -2.30. The number of halogens is 2. The first-order valence-corrected chi connectivity index (χ1v) is 8.18. The van der Waals surface area contributed by atoms with Crippen molar-refractivity contribution in [1.29, 1.82) is 0 Å². The zero-order valence-corrected chi connectivity index (χ0v) is 15.3. The topological polar surface area (TPSA) is 64.6 Å². The summed E-state index contributed by atoms with van der Waals surface area (Å²) in [5.41, 5.74) is 0.731. The van der Waals surface area contributed by atoms with Gasteiger partial charge in [0.15, 0.2) is 6.10 Å². The number of esters is 1. The highest BCUT2D eigenvalue weighted by Crippen LogP contribution is 2.22. The molecule has 1 amide bonds. The van der Waals surface area contributed by atoms with Gasteiger partial charge in [-0.05, 0) is 37.3 Å². The summed E-state index contributed by atoms with van der Waals surface area (Å²) in [6.07, 6.45) is -0.987. The molecular weight excluding hydrogens is 398 g/mol. The van der Waals surface area contributed by atoms with E-state index in [1.165, 1.54) is 20.1 Å². The Bertz CT molecular complexity index is 766. The quantitative estimate of drug-likeness (QED) is 0.744. The molecule has 2 rings (SSSR count). The van der Waals surface area contributed by atoms with Gasteiger partial charge in [-0.25, -0.2) is 4.79 Å². The van der Waals surface area contributed by atoms with E-state index in [2.05, 4.69) is 21.2 Å². The summed E-state index contributed by atoms with van der Waals surface area (Å²) in [5, 5.41) is 2.91. The fourth-order valence-corrected chi connectivity index (χ4v) is 2.43. The molecule has 0 bridgehead atoms. The van der Waals surface area contributed by atoms with Crippen molar-refractivity contribution in [3.63, 3.8) is 0 Å². The molecule has 1 N–H and O–H groups in total. The molecule has 0 saturated carbocycles. The molecule has 126 valence electrons. The second-order valence-electron chi connectivity index (χ2n) is 4.89. The summed E-state index contributed by atoms with van der Waals surface area (Å²) in [7, 11) is 1.53. The molecule has 2 aromatic rings. The van der Waals surface area contributed by atoms with Crippen molar-refractivity contribution in [2.45, 2.75) is 13.0 Å². The van der Waals surface area contributed by atoms with Gasteiger partial charge in [-0.15, -0.1) is 0 Å². The average Bonchev–Trinajstić information content (AvgIpc) is 2.57. The Morgan fingerprint density at radius 3 is 2.67 bits per heavy atom. The third-order valence-corrected chi connectivity index (χ3v) is 3.96. The Labute approximate surface area is 153 Å². The standard InChI is InChI=1S/C17H15BrClNO4/c1-10(16(21)20-12-4-3-5-13(9-12)23-2)24-17(22)14-8-11(18)6-7-15(14)19/h3-10H,1-2H3,(H,20,21)/t10-/m1/s1. The summed E-state index contributed by atoms with van der Waals surface area (Å²) in [6, 6.07) is 11.7. The smallest absolute Gasteiger partial charge is 0.340 e. The Kier molecular flexibility index (Phi) is 6.23. The molecule has 24 heavy (non-hydrogen) atoms. The predicted molar refractivity (Wildman–Crippen MR) is 95.7 cm³/mol. The lowest BCUT2D eigenvalue weighted by atomic mass is 10.2. The van der Waals surface area contributed by atoms with Crippen molar-refractivity contribution < 1.29 is 19.1 Å². The number of carbonyl (C=O) groups excluding carboxylic acids is 2. The molecule has 0 heterocycles. The zero-order chi connectivity index (χ0) is 17.7. The fraction of sp³-hybridized carbons (Fsp3) is 0.176. The molecule has 0 aliphatic carbocycles. The van der Waals surface area contributed by atoms with Crippen LogP contribution in [0.5, 0.6) is 5.75 Å². The fourth-order valence-electron chi connectivity index (χ4n) is 1.88. The van der Waals surface area contributed by atoms with E-state index in [4.69, 9.17) is 21.1 Å². The summed E-state index contributed by atoms with van der Waals surface area (Å²) in [6.45, 7) is 1.49. The van der Waals surface area contributed by atoms with Crippen LogP contribution in [0.2, 0.25) is 5.02 Å². The van der Waals surface area contributed by atoms with Crippen LogP contribution in [0.3, 0.4) is 0 Å². The number of hydrogen-bond acceptors (Lipinski definition) is 4. The number of amides is 1. The Hall–Kier alpha value is -2.05. The molecule has 1 atom stereocenters. The van der Waals surface area contributed by atoms with Crippen LogP contribution in [-0.2, 0) is 9.53 Å². The zero-order valence-electron chi connectivity index (χ0n) is 13.0. The van der Waals surface area contributed by atoms with Crippen LogP contribution in [0.15, 0.2) is 46.9 Å². The van der Waals surface area contributed by atoms with Crippen molar-refractivity contribution in [1.82, 2.24) is 0 Å². The van der Waals surface area contributed by atoms with Crippen molar-refractivity contribution in [3.8, 4) is 5.75 Å². The van der Waals surface area contributed by atoms with E-state index in [1.54, 1.807) is 36.4 Å². The second kappa shape index (κ2) is 8.17. The van der Waals surface area contributed by atoms with Gasteiger partial charge in [0, 0.05) is 16.2 Å². The van der Waals surface area contributed by atoms with Crippen LogP contribution in [0, 0.1) is 0 Å². The van der Waals surface area contributed by atoms with Crippen LogP contribution in [0.4, 0.5) is 5.69 Å². The molecule has 0 fully saturated rings. The first-order valence-electron chi connectivity index (χ1n) is 7.01. The number of methoxy groups -OCH3 is 1. The minimum absolute atomic E-state index is 0.187. The lowest BCUT2D eigenvalue weighted by molar-refractivity contribution is -0.123. The van der Waals surface area contributed by atoms with Gasteiger partial charge in [0.2, 0.25) is 0 Å². The van der Waals surface area contributed by atoms with Gasteiger partial charge >= 0.3 is 5.97 Å². The third kappa shape index (κ3) is 4.72. The number of nitrogens with one attached hydrogen (secondary N) is 1. The summed E-state index contributed by atoms with van der Waals surface area (Å²) in [4.78, 5) is 24.3. The molecule has 0 aliphatic heterocycles. The molecule has 0 radical (unpaired) electrons. The van der Waals surface area contributed by atoms with Crippen molar-refractivity contribution in [2.75, 3.05) is 12.4 Å². The first-order chi connectivity index (χ1) is 11.4. The minimum Gasteiger partial charge on any atom is -0.497 e. The van der Waals surface area contributed by atoms with Gasteiger partial charge in [-0.3, -0.25) is 4.79 Å². The van der Waals surface area contributed by atoms with Gasteiger partial charge in [0.1, 0.15) is 5.75 Å². The number of hydrogen-bond donors (Lipinski definition) is 1. The summed E-state index contributed by atoms with van der Waals surface area (Å²) >= 11 is 9.24. The third-order valence-electron chi connectivity index (χ3n) is 3.14. The Balaban J connectivity index is 2.02. The van der Waals surface area contributed by atoms with Crippen LogP contribution in [-0.4, -0.2) is 25.1 Å². The van der Waals surface area contributed by atoms with E-state index >= 15 is 0 Å². The molecule has 0 aromatic heterocycles. The van der Waals surface area contributed by atoms with Crippen LogP contribution < -0.4 is 10.1 Å². The molecule has 0 spiro atoms. The van der Waals surface area contributed by atoms with E-state index in [0.717, 1.165) is 0 Å². The van der Waals surface area contributed by atoms with Crippen LogP contribution >= 0.6 is 27.5 Å². The molecule has 0 saturated heterocycles. The number of carbonyl (C=O) groups is 2. The minimum atomic E-state index is -0.987. The SMILES string of the molecule is COc1cccc(NC(=O)[C@@H](C)OC(=O)c2cc(Br)ccc2Cl)c1. The number of benzene rings is 2. The highest BCUT2D eigenvalue weighted by Gasteiger charge is 2.21. The first kappa shape index (κ1) is 18.3. The maximum Gasteiger partial charge on any atom is 0.340 e. The van der Waals surface area contributed by atoms with Crippen LogP contribution in [0.1, 0.15) is 17.3 Å². The van der Waals surface area contributed by atoms with E-state index in [1.807, 2.05) is 0 Å². The largest absolute Gasteiger partial charge is 0.497 e. The predicted octanol–water partition coefficient (Wildman–Crippen LogP) is 4.30. The Morgan fingerprint density at radius 1 is 1.21 bits per heavy atom. The van der Waals surface area contributed by atoms with Crippen molar-refractivity contribution >= 4 is 45.1 Å². The normalized spacial score (nSPS) is 11.5. The van der Waals surface area contributed by atoms with Gasteiger partial charge in [0.25, 0.3) is 5.91 Å². The monoisotopic (exact) mass is 411 g/mol. The molecule has 7 heteroatoms. The number of ether oxygens (including phenoxy) is 2. The van der Waals surface area contributed by atoms with E-state index in [-0.39, 0.29) is 10.6 Å². The van der Waals surface area contributed by atoms with Crippen molar-refractivity contribution in [2.24, 2.45) is 0 Å². The second-order valence-corrected chi connectivity index (χ2v) is 6.22. The molecule has 0 aliphatic rings. The summed E-state index contributed by atoms with van der Waals surface area (Å²) in [5.74, 6) is -0.518. The van der Waals surface area contributed by atoms with Gasteiger partial charge in [-0.2, -0.15) is 0 Å². The van der Waals surface area contributed by atoms with E-state index < -0.39 is 18.0 Å². The Morgan fingerprint density at radius 2 is 1.96 bits per heavy atom. The molecule has 5 nitrogen and oxygen atoms in total. The van der Waals surface area contributed by atoms with Gasteiger partial charge < -0.3 is 14.8 Å². The maximum atomic E-state index is 12.2. The van der Waals surface area contributed by atoms with Crippen LogP contribution in [0.25, 0.3) is 0 Å². The molecule has 0 unspecified atom stereocenters. The number of anilines is 1. The van der Waals surface area contributed by atoms with Gasteiger partial charge in [0.05, 0.1) is 17.7 Å². The van der Waals surface area contributed by atoms with Crippen molar-refractivity contribution in [3.05, 3.63) is 57.5 Å². The number of rotatable bonds is 5. The van der Waals surface area contributed by atoms with Gasteiger partial charge in [-0.1, -0.05) is 33.6 Å².